The van der Waals surface area contributed by atoms with E-state index in [2.05, 4.69) is 15.3 Å². The molecule has 30 heavy (non-hydrogen) atoms. The highest BCUT2D eigenvalue weighted by Gasteiger charge is 2.15. The number of hydrogen-bond acceptors (Lipinski definition) is 4. The summed E-state index contributed by atoms with van der Waals surface area (Å²) in [7, 11) is 0. The second-order valence-electron chi connectivity index (χ2n) is 6.42. The Bertz CT molecular complexity index is 1290. The number of rotatable bonds is 3. The van der Waals surface area contributed by atoms with E-state index in [1.165, 1.54) is 18.2 Å². The van der Waals surface area contributed by atoms with Gasteiger partial charge in [-0.3, -0.25) is 9.78 Å². The zero-order chi connectivity index (χ0) is 22.0. The van der Waals surface area contributed by atoms with Crippen LogP contribution in [-0.4, -0.2) is 26.9 Å². The van der Waals surface area contributed by atoms with E-state index in [9.17, 15) is 19.5 Å². The van der Waals surface area contributed by atoms with Crippen LogP contribution in [0.25, 0.3) is 5.69 Å². The van der Waals surface area contributed by atoms with Crippen molar-refractivity contribution in [1.29, 1.82) is 0 Å². The Morgan fingerprint density at radius 1 is 1.10 bits per heavy atom. The van der Waals surface area contributed by atoms with Crippen molar-refractivity contribution in [2.24, 2.45) is 4.99 Å². The molecule has 0 saturated heterocycles. The molecule has 2 aromatic carbocycles. The summed E-state index contributed by atoms with van der Waals surface area (Å²) in [6.45, 7) is 3.75. The summed E-state index contributed by atoms with van der Waals surface area (Å²) in [5.41, 5.74) is 0.521. The number of aryl methyl sites for hydroxylation is 2. The number of benzene rings is 2. The van der Waals surface area contributed by atoms with Crippen LogP contribution in [0, 0.1) is 13.8 Å². The fourth-order valence-electron chi connectivity index (χ4n) is 2.61. The third kappa shape index (κ3) is 4.45. The molecule has 3 rings (SSSR count). The number of halogens is 2. The van der Waals surface area contributed by atoms with Gasteiger partial charge in [-0.15, -0.1) is 0 Å². The number of anilines is 1. The maximum Gasteiger partial charge on any atom is 0.345 e. The minimum atomic E-state index is -0.885. The van der Waals surface area contributed by atoms with Crippen LogP contribution in [0.3, 0.4) is 0 Å². The van der Waals surface area contributed by atoms with Crippen molar-refractivity contribution in [3.63, 3.8) is 0 Å². The number of hydrogen-bond donors (Lipinski definition) is 3. The molecular weight excluding hydrogens is 431 g/mol. The number of urea groups is 1. The number of nitrogens with one attached hydrogen (secondary N) is 2. The number of amides is 2. The summed E-state index contributed by atoms with van der Waals surface area (Å²) in [6.07, 6.45) is 0.873. The van der Waals surface area contributed by atoms with Crippen molar-refractivity contribution in [3.8, 4) is 11.6 Å². The number of carbonyl (C=O) groups is 1. The first kappa shape index (κ1) is 21.4. The molecule has 3 N–H and O–H groups in total. The molecule has 0 aliphatic carbocycles. The lowest BCUT2D eigenvalue weighted by molar-refractivity contribution is 0.259. The Balaban J connectivity index is 1.94. The number of nitrogens with zero attached hydrogens (tertiary/aromatic N) is 2. The van der Waals surface area contributed by atoms with Gasteiger partial charge in [0.05, 0.1) is 21.9 Å². The quantitative estimate of drug-likeness (QED) is 0.530. The first-order valence-corrected chi connectivity index (χ1v) is 9.39. The molecule has 154 valence electrons. The average molecular weight is 447 g/mol. The number of aliphatic imine (C=N–C) groups is 1. The molecule has 8 nitrogen and oxygen atoms in total. The molecule has 0 saturated carbocycles. The normalized spacial score (nSPS) is 11.1. The Kier molecular flexibility index (Phi) is 6.09. The van der Waals surface area contributed by atoms with Gasteiger partial charge in [-0.1, -0.05) is 29.3 Å². The molecule has 1 aromatic heterocycles. The Morgan fingerprint density at radius 3 is 2.50 bits per heavy atom. The third-order valence-corrected chi connectivity index (χ3v) is 5.09. The number of aromatic nitrogens is 2. The molecule has 0 unspecified atom stereocenters. The van der Waals surface area contributed by atoms with Gasteiger partial charge in [-0.25, -0.2) is 19.1 Å². The molecule has 0 aliphatic rings. The average Bonchev–Trinajstić information content (AvgIpc) is 2.67. The van der Waals surface area contributed by atoms with Crippen LogP contribution < -0.4 is 16.6 Å². The zero-order valence-electron chi connectivity index (χ0n) is 15.9. The van der Waals surface area contributed by atoms with E-state index >= 15 is 0 Å². The maximum absolute atomic E-state index is 12.2. The minimum Gasteiger partial charge on any atom is -0.493 e. The van der Waals surface area contributed by atoms with Crippen LogP contribution in [0.2, 0.25) is 10.0 Å². The van der Waals surface area contributed by atoms with E-state index in [0.29, 0.717) is 16.4 Å². The maximum atomic E-state index is 12.2. The van der Waals surface area contributed by atoms with Gasteiger partial charge in [0.25, 0.3) is 5.56 Å². The van der Waals surface area contributed by atoms with Crippen LogP contribution in [0.5, 0.6) is 5.88 Å². The Morgan fingerprint density at radius 2 is 1.83 bits per heavy atom. The van der Waals surface area contributed by atoms with E-state index in [1.807, 2.05) is 13.8 Å². The predicted molar refractivity (Wildman–Crippen MR) is 117 cm³/mol. The van der Waals surface area contributed by atoms with Crippen molar-refractivity contribution in [3.05, 3.63) is 84.0 Å². The second kappa shape index (κ2) is 8.56. The predicted octanol–water partition coefficient (Wildman–Crippen LogP) is 3.81. The summed E-state index contributed by atoms with van der Waals surface area (Å²) >= 11 is 11.7. The number of aromatic hydroxyl groups is 1. The van der Waals surface area contributed by atoms with Crippen molar-refractivity contribution in [1.82, 2.24) is 9.55 Å². The third-order valence-electron chi connectivity index (χ3n) is 4.35. The first-order valence-electron chi connectivity index (χ1n) is 8.63. The zero-order valence-corrected chi connectivity index (χ0v) is 17.4. The lowest BCUT2D eigenvalue weighted by Gasteiger charge is -2.11. The molecule has 0 aliphatic heterocycles. The highest BCUT2D eigenvalue weighted by atomic mass is 35.5. The largest absolute Gasteiger partial charge is 0.493 e. The number of carbonyl (C=O) groups excluding carboxylic acids is 1. The Hall–Kier alpha value is -3.36. The standard InChI is InChI=1S/C20H16Cl2N4O4/c1-10-3-5-13(7-11(10)2)26-18(28)14(17(27)25-20(26)30)9-23-19(29)24-12-4-6-15(21)16(22)8-12/h3-9,28H,1-2H3,(H,24,29)(H,25,27,30)/b23-9+. The number of H-pyrrole nitrogens is 1. The molecule has 3 aromatic rings. The van der Waals surface area contributed by atoms with Gasteiger partial charge in [0, 0.05) is 5.69 Å². The van der Waals surface area contributed by atoms with Gasteiger partial charge in [0.15, 0.2) is 0 Å². The molecule has 2 amide bonds. The molecule has 0 atom stereocenters. The molecule has 0 bridgehead atoms. The first-order chi connectivity index (χ1) is 14.2. The van der Waals surface area contributed by atoms with Crippen LogP contribution in [-0.2, 0) is 0 Å². The van der Waals surface area contributed by atoms with Crippen LogP contribution >= 0.6 is 23.2 Å². The van der Waals surface area contributed by atoms with Gasteiger partial charge in [-0.05, 0) is 55.3 Å². The fourth-order valence-corrected chi connectivity index (χ4v) is 2.91. The van der Waals surface area contributed by atoms with E-state index in [1.54, 1.807) is 18.2 Å². The van der Waals surface area contributed by atoms with Crippen molar-refractivity contribution < 1.29 is 9.90 Å². The lowest BCUT2D eigenvalue weighted by Crippen LogP contribution is -2.31. The smallest absolute Gasteiger partial charge is 0.345 e. The summed E-state index contributed by atoms with van der Waals surface area (Å²) in [5, 5.41) is 13.5. The highest BCUT2D eigenvalue weighted by Crippen LogP contribution is 2.25. The summed E-state index contributed by atoms with van der Waals surface area (Å²) < 4.78 is 0.923. The van der Waals surface area contributed by atoms with Crippen LogP contribution in [0.1, 0.15) is 16.7 Å². The molecule has 0 radical (unpaired) electrons. The van der Waals surface area contributed by atoms with Gasteiger partial charge in [-0.2, -0.15) is 0 Å². The lowest BCUT2D eigenvalue weighted by atomic mass is 10.1. The minimum absolute atomic E-state index is 0.244. The summed E-state index contributed by atoms with van der Waals surface area (Å²) in [5.74, 6) is -0.641. The molecule has 10 heteroatoms. The van der Waals surface area contributed by atoms with E-state index < -0.39 is 23.2 Å². The van der Waals surface area contributed by atoms with E-state index in [-0.39, 0.29) is 10.6 Å². The van der Waals surface area contributed by atoms with Gasteiger partial charge < -0.3 is 10.4 Å². The van der Waals surface area contributed by atoms with Crippen LogP contribution in [0.4, 0.5) is 10.5 Å². The van der Waals surface area contributed by atoms with Crippen molar-refractivity contribution >= 4 is 41.1 Å². The fraction of sp³-hybridized carbons (Fsp3) is 0.100. The molecule has 0 fully saturated rings. The van der Waals surface area contributed by atoms with Gasteiger partial charge in [0.1, 0.15) is 5.56 Å². The molecular formula is C20H16Cl2N4O4. The topological polar surface area (TPSA) is 117 Å². The van der Waals surface area contributed by atoms with E-state index in [0.717, 1.165) is 21.9 Å². The van der Waals surface area contributed by atoms with Crippen molar-refractivity contribution in [2.75, 3.05) is 5.32 Å². The van der Waals surface area contributed by atoms with E-state index in [4.69, 9.17) is 23.2 Å². The highest BCUT2D eigenvalue weighted by molar-refractivity contribution is 6.42. The van der Waals surface area contributed by atoms with Gasteiger partial charge >= 0.3 is 11.7 Å². The second-order valence-corrected chi connectivity index (χ2v) is 7.23. The van der Waals surface area contributed by atoms with Gasteiger partial charge in [0.2, 0.25) is 5.88 Å². The summed E-state index contributed by atoms with van der Waals surface area (Å²) in [6, 6.07) is 8.72. The van der Waals surface area contributed by atoms with Crippen LogP contribution in [0.15, 0.2) is 51.0 Å². The number of aromatic amines is 1. The molecule has 1 heterocycles. The monoisotopic (exact) mass is 446 g/mol. The Labute approximate surface area is 180 Å². The summed E-state index contributed by atoms with van der Waals surface area (Å²) in [4.78, 5) is 42.2. The van der Waals surface area contributed by atoms with Crippen molar-refractivity contribution in [2.45, 2.75) is 13.8 Å². The molecule has 0 spiro atoms. The SMILES string of the molecule is Cc1ccc(-n2c(O)c(/C=N/C(=O)Nc3ccc(Cl)c(Cl)c3)c(=O)[nH]c2=O)cc1C.